The molecule has 8 nitrogen and oxygen atoms in total. The van der Waals surface area contributed by atoms with Gasteiger partial charge >= 0.3 is 5.69 Å². The molecule has 2 aromatic rings. The number of amides is 1. The van der Waals surface area contributed by atoms with E-state index in [1.54, 1.807) is 24.3 Å². The standard InChI is InChI=1S/C15H13BrF2N4O4/c1-19-13-11(22(24)25)6-10(15(21-13)26-7-12(17)18)14(23)20-9-4-2-8(16)3-5-9/h2-6,12H,7H2,1H3,(H,19,21)(H,20,23). The van der Waals surface area contributed by atoms with Gasteiger partial charge in [-0.25, -0.2) is 8.78 Å². The van der Waals surface area contributed by atoms with E-state index < -0.39 is 35.4 Å². The van der Waals surface area contributed by atoms with Crippen LogP contribution in [0.25, 0.3) is 0 Å². The van der Waals surface area contributed by atoms with Gasteiger partial charge in [0.05, 0.1) is 4.92 Å². The van der Waals surface area contributed by atoms with Crippen LogP contribution < -0.4 is 15.4 Å². The van der Waals surface area contributed by atoms with Gasteiger partial charge in [-0.3, -0.25) is 14.9 Å². The van der Waals surface area contributed by atoms with E-state index in [9.17, 15) is 23.7 Å². The molecule has 138 valence electrons. The number of alkyl halides is 2. The summed E-state index contributed by atoms with van der Waals surface area (Å²) in [7, 11) is 1.37. The fourth-order valence-corrected chi connectivity index (χ4v) is 2.22. The molecule has 0 spiro atoms. The molecule has 0 aliphatic heterocycles. The van der Waals surface area contributed by atoms with E-state index >= 15 is 0 Å². The molecule has 0 fully saturated rings. The predicted molar refractivity (Wildman–Crippen MR) is 94.0 cm³/mol. The summed E-state index contributed by atoms with van der Waals surface area (Å²) in [6.45, 7) is -1.01. The van der Waals surface area contributed by atoms with Crippen molar-refractivity contribution in [2.24, 2.45) is 0 Å². The average Bonchev–Trinajstić information content (AvgIpc) is 2.60. The number of pyridine rings is 1. The molecular formula is C15H13BrF2N4O4. The van der Waals surface area contributed by atoms with Crippen molar-refractivity contribution in [2.45, 2.75) is 6.43 Å². The number of anilines is 2. The highest BCUT2D eigenvalue weighted by molar-refractivity contribution is 9.10. The maximum Gasteiger partial charge on any atom is 0.312 e. The molecule has 1 aromatic carbocycles. The summed E-state index contributed by atoms with van der Waals surface area (Å²) in [5, 5.41) is 16.1. The maximum absolute atomic E-state index is 12.5. The molecule has 0 aliphatic rings. The molecule has 0 unspecified atom stereocenters. The minimum Gasteiger partial charge on any atom is -0.471 e. The second-order valence-electron chi connectivity index (χ2n) is 4.88. The van der Waals surface area contributed by atoms with Gasteiger partial charge in [0.1, 0.15) is 5.56 Å². The number of benzene rings is 1. The van der Waals surface area contributed by atoms with Crippen LogP contribution in [-0.2, 0) is 0 Å². The Hall–Kier alpha value is -2.82. The number of carbonyl (C=O) groups is 1. The largest absolute Gasteiger partial charge is 0.471 e. The van der Waals surface area contributed by atoms with E-state index in [2.05, 4.69) is 31.5 Å². The summed E-state index contributed by atoms with van der Waals surface area (Å²) >= 11 is 3.25. The summed E-state index contributed by atoms with van der Waals surface area (Å²) < 4.78 is 30.5. The Balaban J connectivity index is 2.41. The number of carbonyl (C=O) groups excluding carboxylic acids is 1. The first-order valence-corrected chi connectivity index (χ1v) is 7.96. The topological polar surface area (TPSA) is 106 Å². The molecule has 1 amide bonds. The zero-order valence-electron chi connectivity index (χ0n) is 13.3. The highest BCUT2D eigenvalue weighted by Crippen LogP contribution is 2.30. The maximum atomic E-state index is 12.5. The molecule has 11 heteroatoms. The molecule has 0 atom stereocenters. The second-order valence-corrected chi connectivity index (χ2v) is 5.79. The van der Waals surface area contributed by atoms with Gasteiger partial charge in [0, 0.05) is 23.3 Å². The first kappa shape index (κ1) is 19.5. The summed E-state index contributed by atoms with van der Waals surface area (Å²) in [6, 6.07) is 7.45. The minimum absolute atomic E-state index is 0.209. The monoisotopic (exact) mass is 430 g/mol. The Bertz CT molecular complexity index is 818. The van der Waals surface area contributed by atoms with Gasteiger partial charge in [-0.05, 0) is 24.3 Å². The quantitative estimate of drug-likeness (QED) is 0.512. The Morgan fingerprint density at radius 2 is 2.04 bits per heavy atom. The molecule has 1 aromatic heterocycles. The SMILES string of the molecule is CNc1nc(OCC(F)F)c(C(=O)Nc2ccc(Br)cc2)cc1[N+](=O)[O-]. The third-order valence-corrected chi connectivity index (χ3v) is 3.62. The van der Waals surface area contributed by atoms with Crippen molar-refractivity contribution in [1.82, 2.24) is 4.98 Å². The molecule has 2 rings (SSSR count). The molecule has 0 aliphatic carbocycles. The van der Waals surface area contributed by atoms with Crippen molar-refractivity contribution >= 4 is 39.0 Å². The van der Waals surface area contributed by atoms with E-state index in [1.165, 1.54) is 7.05 Å². The lowest BCUT2D eigenvalue weighted by Crippen LogP contribution is -2.17. The van der Waals surface area contributed by atoms with Gasteiger partial charge in [-0.1, -0.05) is 15.9 Å². The highest BCUT2D eigenvalue weighted by atomic mass is 79.9. The third-order valence-electron chi connectivity index (χ3n) is 3.09. The Kier molecular flexibility index (Phi) is 6.39. The van der Waals surface area contributed by atoms with Crippen LogP contribution in [0.1, 0.15) is 10.4 Å². The number of ether oxygens (including phenoxy) is 1. The van der Waals surface area contributed by atoms with E-state index in [-0.39, 0.29) is 11.4 Å². The number of hydrogen-bond donors (Lipinski definition) is 2. The smallest absolute Gasteiger partial charge is 0.312 e. The predicted octanol–water partition coefficient (Wildman–Crippen LogP) is 3.69. The molecule has 2 N–H and O–H groups in total. The van der Waals surface area contributed by atoms with Crippen LogP contribution in [0, 0.1) is 10.1 Å². The number of nitrogens with one attached hydrogen (secondary N) is 2. The van der Waals surface area contributed by atoms with Crippen molar-refractivity contribution in [3.05, 3.63) is 50.5 Å². The van der Waals surface area contributed by atoms with Gasteiger partial charge in [0.2, 0.25) is 11.7 Å². The number of halogens is 3. The number of nitro groups is 1. The fourth-order valence-electron chi connectivity index (χ4n) is 1.96. The second kappa shape index (κ2) is 8.52. The van der Waals surface area contributed by atoms with Crippen LogP contribution >= 0.6 is 15.9 Å². The zero-order valence-corrected chi connectivity index (χ0v) is 14.9. The summed E-state index contributed by atoms with van der Waals surface area (Å²) in [6.07, 6.45) is -2.80. The molecular weight excluding hydrogens is 418 g/mol. The van der Waals surface area contributed by atoms with E-state index in [0.717, 1.165) is 10.5 Å². The molecule has 1 heterocycles. The summed E-state index contributed by atoms with van der Waals surface area (Å²) in [4.78, 5) is 26.7. The summed E-state index contributed by atoms with van der Waals surface area (Å²) in [5.74, 6) is -1.43. The molecule has 0 radical (unpaired) electrons. The molecule has 26 heavy (non-hydrogen) atoms. The van der Waals surface area contributed by atoms with Crippen LogP contribution in [0.2, 0.25) is 0 Å². The lowest BCUT2D eigenvalue weighted by molar-refractivity contribution is -0.384. The van der Waals surface area contributed by atoms with E-state index in [0.29, 0.717) is 5.69 Å². The first-order valence-electron chi connectivity index (χ1n) is 7.17. The Labute approximate surface area is 154 Å². The molecule has 0 bridgehead atoms. The normalized spacial score (nSPS) is 10.5. The van der Waals surface area contributed by atoms with Crippen LogP contribution in [0.5, 0.6) is 5.88 Å². The van der Waals surface area contributed by atoms with Crippen LogP contribution in [0.3, 0.4) is 0 Å². The fraction of sp³-hybridized carbons (Fsp3) is 0.200. The van der Waals surface area contributed by atoms with Gasteiger partial charge in [0.25, 0.3) is 12.3 Å². The lowest BCUT2D eigenvalue weighted by atomic mass is 10.2. The van der Waals surface area contributed by atoms with Crippen molar-refractivity contribution in [3.8, 4) is 5.88 Å². The highest BCUT2D eigenvalue weighted by Gasteiger charge is 2.25. The number of nitrogens with zero attached hydrogens (tertiary/aromatic N) is 2. The van der Waals surface area contributed by atoms with Crippen LogP contribution in [-0.4, -0.2) is 35.9 Å². The van der Waals surface area contributed by atoms with Gasteiger partial charge in [0.15, 0.2) is 6.61 Å². The van der Waals surface area contributed by atoms with Gasteiger partial charge < -0.3 is 15.4 Å². The number of rotatable bonds is 7. The Morgan fingerprint density at radius 3 is 2.58 bits per heavy atom. The van der Waals surface area contributed by atoms with E-state index in [4.69, 9.17) is 4.74 Å². The number of aromatic nitrogens is 1. The number of hydrogen-bond acceptors (Lipinski definition) is 6. The minimum atomic E-state index is -2.80. The first-order chi connectivity index (χ1) is 12.3. The lowest BCUT2D eigenvalue weighted by Gasteiger charge is -2.12. The third kappa shape index (κ3) is 4.85. The van der Waals surface area contributed by atoms with Crippen molar-refractivity contribution in [2.75, 3.05) is 24.3 Å². The zero-order chi connectivity index (χ0) is 19.3. The van der Waals surface area contributed by atoms with Gasteiger partial charge in [-0.15, -0.1) is 0 Å². The van der Waals surface area contributed by atoms with Gasteiger partial charge in [-0.2, -0.15) is 4.98 Å². The average molecular weight is 431 g/mol. The van der Waals surface area contributed by atoms with Crippen LogP contribution in [0.4, 0.5) is 26.0 Å². The van der Waals surface area contributed by atoms with Crippen molar-refractivity contribution < 1.29 is 23.2 Å². The summed E-state index contributed by atoms with van der Waals surface area (Å²) in [5.41, 5.74) is -0.421. The Morgan fingerprint density at radius 1 is 1.38 bits per heavy atom. The molecule has 0 saturated carbocycles. The molecule has 0 saturated heterocycles. The van der Waals surface area contributed by atoms with Crippen molar-refractivity contribution in [3.63, 3.8) is 0 Å². The van der Waals surface area contributed by atoms with E-state index in [1.807, 2.05) is 0 Å². The van der Waals surface area contributed by atoms with Crippen molar-refractivity contribution in [1.29, 1.82) is 0 Å². The van der Waals surface area contributed by atoms with Crippen LogP contribution in [0.15, 0.2) is 34.8 Å².